The van der Waals surface area contributed by atoms with E-state index in [1.165, 1.54) is 0 Å². The molecule has 0 spiro atoms. The van der Waals surface area contributed by atoms with E-state index in [2.05, 4.69) is 0 Å². The lowest BCUT2D eigenvalue weighted by Gasteiger charge is -2.30. The van der Waals surface area contributed by atoms with Gasteiger partial charge in [-0.1, -0.05) is 60.7 Å². The van der Waals surface area contributed by atoms with Gasteiger partial charge in [0.2, 0.25) is 0 Å². The van der Waals surface area contributed by atoms with Gasteiger partial charge >= 0.3 is 0 Å². The summed E-state index contributed by atoms with van der Waals surface area (Å²) in [5, 5.41) is 14.6. The van der Waals surface area contributed by atoms with Crippen molar-refractivity contribution in [3.05, 3.63) is 119 Å². The third kappa shape index (κ3) is 5.20. The largest absolute Gasteiger partial charge is 0.489 e. The maximum absolute atomic E-state index is 13.5. The molecule has 0 saturated carbocycles. The van der Waals surface area contributed by atoms with Gasteiger partial charge in [-0.15, -0.1) is 0 Å². The number of benzene rings is 3. The minimum atomic E-state index is -0.569. The fourth-order valence-electron chi connectivity index (χ4n) is 4.63. The topological polar surface area (TPSA) is 88.2 Å². The zero-order chi connectivity index (χ0) is 28.2. The van der Waals surface area contributed by atoms with Gasteiger partial charge < -0.3 is 4.74 Å². The maximum atomic E-state index is 13.5. The van der Waals surface area contributed by atoms with Crippen molar-refractivity contribution in [2.24, 2.45) is 0 Å². The van der Waals surface area contributed by atoms with Gasteiger partial charge in [-0.3, -0.25) is 14.5 Å². The van der Waals surface area contributed by atoms with Gasteiger partial charge in [-0.25, -0.2) is 4.68 Å². The van der Waals surface area contributed by atoms with E-state index in [-0.39, 0.29) is 11.1 Å². The van der Waals surface area contributed by atoms with Crippen molar-refractivity contribution >= 4 is 17.9 Å². The standard InChI is InChI=1S/C33H28N4O3/c1-22(2)37-32(38)29(23(3)30(19-34)33(37)39)18-26-20-36(27-14-8-5-9-15-27)35-31(26)25-13-10-16-28(17-25)40-21-24-11-6-4-7-12-24/h4-18,20,22H,21H2,1-3H3/b29-18+. The highest BCUT2D eigenvalue weighted by Crippen LogP contribution is 2.33. The Labute approximate surface area is 233 Å². The molecule has 0 saturated heterocycles. The van der Waals surface area contributed by atoms with Crippen molar-refractivity contribution < 1.29 is 14.3 Å². The number of carbonyl (C=O) groups excluding carboxylic acids is 2. The summed E-state index contributed by atoms with van der Waals surface area (Å²) in [4.78, 5) is 27.5. The molecule has 0 aliphatic carbocycles. The van der Waals surface area contributed by atoms with Crippen LogP contribution in [-0.2, 0) is 16.2 Å². The predicted molar refractivity (Wildman–Crippen MR) is 153 cm³/mol. The van der Waals surface area contributed by atoms with Crippen molar-refractivity contribution in [3.63, 3.8) is 0 Å². The van der Waals surface area contributed by atoms with Crippen LogP contribution in [0.5, 0.6) is 5.75 Å². The molecule has 0 bridgehead atoms. The van der Waals surface area contributed by atoms with E-state index in [0.29, 0.717) is 29.2 Å². The van der Waals surface area contributed by atoms with E-state index in [1.807, 2.05) is 97.2 Å². The summed E-state index contributed by atoms with van der Waals surface area (Å²) in [5.74, 6) is -0.321. The molecule has 0 N–H and O–H groups in total. The number of nitrogens with zero attached hydrogens (tertiary/aromatic N) is 4. The highest BCUT2D eigenvalue weighted by molar-refractivity contribution is 6.20. The molecule has 1 aromatic heterocycles. The second-order valence-electron chi connectivity index (χ2n) is 9.76. The second-order valence-corrected chi connectivity index (χ2v) is 9.76. The van der Waals surface area contributed by atoms with E-state index >= 15 is 0 Å². The molecule has 0 atom stereocenters. The van der Waals surface area contributed by atoms with Crippen LogP contribution in [0.25, 0.3) is 23.0 Å². The number of carbonyl (C=O) groups is 2. The van der Waals surface area contributed by atoms with Crippen LogP contribution in [0.4, 0.5) is 0 Å². The Bertz CT molecular complexity index is 1680. The van der Waals surface area contributed by atoms with E-state index in [1.54, 1.807) is 31.5 Å². The lowest BCUT2D eigenvalue weighted by Crippen LogP contribution is -2.46. The Morgan fingerprint density at radius 3 is 2.33 bits per heavy atom. The second kappa shape index (κ2) is 11.3. The molecule has 198 valence electrons. The van der Waals surface area contributed by atoms with Crippen LogP contribution in [0.1, 0.15) is 31.9 Å². The van der Waals surface area contributed by atoms with E-state index < -0.39 is 17.9 Å². The fraction of sp³-hybridized carbons (Fsp3) is 0.152. The Kier molecular flexibility index (Phi) is 7.43. The van der Waals surface area contributed by atoms with Gasteiger partial charge in [0.05, 0.1) is 5.69 Å². The normalized spacial score (nSPS) is 14.7. The summed E-state index contributed by atoms with van der Waals surface area (Å²) in [6, 6.07) is 28.8. The molecule has 0 unspecified atom stereocenters. The van der Waals surface area contributed by atoms with Gasteiger partial charge in [-0.05, 0) is 62.2 Å². The monoisotopic (exact) mass is 528 g/mol. The van der Waals surface area contributed by atoms with Crippen molar-refractivity contribution in [2.75, 3.05) is 0 Å². The highest BCUT2D eigenvalue weighted by Gasteiger charge is 2.37. The third-order valence-corrected chi connectivity index (χ3v) is 6.71. The fourth-order valence-corrected chi connectivity index (χ4v) is 4.63. The number of rotatable bonds is 7. The highest BCUT2D eigenvalue weighted by atomic mass is 16.5. The van der Waals surface area contributed by atoms with Crippen LogP contribution in [-0.4, -0.2) is 32.5 Å². The van der Waals surface area contributed by atoms with Crippen molar-refractivity contribution in [2.45, 2.75) is 33.4 Å². The molecule has 0 radical (unpaired) electrons. The number of para-hydroxylation sites is 1. The molecule has 3 aromatic carbocycles. The minimum Gasteiger partial charge on any atom is -0.489 e. The first kappa shape index (κ1) is 26.4. The van der Waals surface area contributed by atoms with Crippen LogP contribution in [0, 0.1) is 11.3 Å². The first-order valence-electron chi connectivity index (χ1n) is 13.0. The van der Waals surface area contributed by atoms with Gasteiger partial charge in [0.1, 0.15) is 29.7 Å². The first-order valence-corrected chi connectivity index (χ1v) is 13.0. The van der Waals surface area contributed by atoms with Crippen molar-refractivity contribution in [1.82, 2.24) is 14.7 Å². The molecule has 1 aliphatic rings. The van der Waals surface area contributed by atoms with Gasteiger partial charge in [0.15, 0.2) is 0 Å². The molecule has 7 nitrogen and oxygen atoms in total. The molecular formula is C33H28N4O3. The molecular weight excluding hydrogens is 500 g/mol. The Morgan fingerprint density at radius 1 is 0.950 bits per heavy atom. The number of nitriles is 1. The van der Waals surface area contributed by atoms with Gasteiger partial charge in [0.25, 0.3) is 11.8 Å². The number of ether oxygens (including phenoxy) is 1. The van der Waals surface area contributed by atoms with Crippen molar-refractivity contribution in [3.8, 4) is 28.8 Å². The van der Waals surface area contributed by atoms with Crippen LogP contribution in [0.2, 0.25) is 0 Å². The summed E-state index contributed by atoms with van der Waals surface area (Å²) >= 11 is 0. The molecule has 40 heavy (non-hydrogen) atoms. The summed E-state index contributed by atoms with van der Waals surface area (Å²) in [7, 11) is 0. The third-order valence-electron chi connectivity index (χ3n) is 6.71. The zero-order valence-corrected chi connectivity index (χ0v) is 22.5. The minimum absolute atomic E-state index is 0.0344. The first-order chi connectivity index (χ1) is 19.4. The summed E-state index contributed by atoms with van der Waals surface area (Å²) in [6.07, 6.45) is 3.56. The zero-order valence-electron chi connectivity index (χ0n) is 22.5. The Hall–Kier alpha value is -5.22. The number of hydrogen-bond acceptors (Lipinski definition) is 5. The summed E-state index contributed by atoms with van der Waals surface area (Å²) in [5.41, 5.74) is 4.62. The molecule has 4 aromatic rings. The van der Waals surface area contributed by atoms with Crippen molar-refractivity contribution in [1.29, 1.82) is 5.26 Å². The molecule has 5 rings (SSSR count). The average Bonchev–Trinajstić information content (AvgIpc) is 3.39. The van der Waals surface area contributed by atoms with E-state index in [4.69, 9.17) is 9.84 Å². The van der Waals surface area contributed by atoms with Crippen LogP contribution >= 0.6 is 0 Å². The lowest BCUT2D eigenvalue weighted by atomic mass is 9.92. The predicted octanol–water partition coefficient (Wildman–Crippen LogP) is 6.12. The molecule has 2 amide bonds. The number of hydrogen-bond donors (Lipinski definition) is 0. The summed E-state index contributed by atoms with van der Waals surface area (Å²) in [6.45, 7) is 5.57. The molecule has 1 aliphatic heterocycles. The van der Waals surface area contributed by atoms with Crippen LogP contribution < -0.4 is 4.74 Å². The Balaban J connectivity index is 1.61. The average molecular weight is 529 g/mol. The molecule has 0 fully saturated rings. The molecule has 2 heterocycles. The number of imide groups is 1. The lowest BCUT2D eigenvalue weighted by molar-refractivity contribution is -0.142. The number of amides is 2. The van der Waals surface area contributed by atoms with E-state index in [9.17, 15) is 14.9 Å². The van der Waals surface area contributed by atoms with Crippen LogP contribution in [0.15, 0.2) is 108 Å². The van der Waals surface area contributed by atoms with Gasteiger partial charge in [-0.2, -0.15) is 10.4 Å². The number of aromatic nitrogens is 2. The van der Waals surface area contributed by atoms with Crippen LogP contribution in [0.3, 0.4) is 0 Å². The smallest absolute Gasteiger partial charge is 0.271 e. The maximum Gasteiger partial charge on any atom is 0.271 e. The van der Waals surface area contributed by atoms with E-state index in [0.717, 1.165) is 21.7 Å². The Morgan fingerprint density at radius 2 is 1.65 bits per heavy atom. The SMILES string of the molecule is CC1=C(C#N)C(=O)N(C(C)C)C(=O)/C1=C/c1cn(-c2ccccc2)nc1-c1cccc(OCc2ccccc2)c1. The summed E-state index contributed by atoms with van der Waals surface area (Å²) < 4.78 is 7.81. The molecule has 7 heteroatoms. The quantitative estimate of drug-likeness (QED) is 0.213. The van der Waals surface area contributed by atoms with Gasteiger partial charge in [0, 0.05) is 28.9 Å².